The Morgan fingerprint density at radius 2 is 2.14 bits per heavy atom. The second-order valence-corrected chi connectivity index (χ2v) is 5.72. The molecule has 0 saturated carbocycles. The van der Waals surface area contributed by atoms with E-state index in [9.17, 15) is 0 Å². The van der Waals surface area contributed by atoms with Gasteiger partial charge in [0, 0.05) is 23.4 Å². The molecule has 106 valence electrons. The Kier molecular flexibility index (Phi) is 4.22. The second-order valence-electron chi connectivity index (χ2n) is 4.46. The van der Waals surface area contributed by atoms with Gasteiger partial charge in [-0.25, -0.2) is 9.67 Å². The van der Waals surface area contributed by atoms with Crippen LogP contribution in [0.5, 0.6) is 0 Å². The molecular formula is C15H12BrClN4. The van der Waals surface area contributed by atoms with E-state index in [0.29, 0.717) is 11.6 Å². The predicted molar refractivity (Wildman–Crippen MR) is 87.8 cm³/mol. The van der Waals surface area contributed by atoms with Crippen LogP contribution in [-0.2, 0) is 6.54 Å². The zero-order valence-electron chi connectivity index (χ0n) is 11.0. The Labute approximate surface area is 135 Å². The molecule has 2 aromatic heterocycles. The van der Waals surface area contributed by atoms with Crippen LogP contribution in [0.2, 0.25) is 5.02 Å². The first kappa shape index (κ1) is 14.1. The number of nitrogens with one attached hydrogen (secondary N) is 1. The van der Waals surface area contributed by atoms with Gasteiger partial charge in [-0.1, -0.05) is 17.7 Å². The van der Waals surface area contributed by atoms with Crippen LogP contribution in [0.3, 0.4) is 0 Å². The summed E-state index contributed by atoms with van der Waals surface area (Å²) < 4.78 is 2.62. The fraction of sp³-hybridized carbons (Fsp3) is 0.0667. The maximum Gasteiger partial charge on any atom is 0.153 e. The molecule has 2 heterocycles. The van der Waals surface area contributed by atoms with Gasteiger partial charge < -0.3 is 5.32 Å². The van der Waals surface area contributed by atoms with Crippen molar-refractivity contribution < 1.29 is 0 Å². The number of anilines is 1. The molecule has 0 saturated heterocycles. The van der Waals surface area contributed by atoms with Crippen LogP contribution in [0.4, 0.5) is 5.69 Å². The summed E-state index contributed by atoms with van der Waals surface area (Å²) in [6.45, 7) is 0.690. The number of halogens is 2. The lowest BCUT2D eigenvalue weighted by Crippen LogP contribution is -2.02. The standard InChI is InChI=1S/C15H12BrClN4/c16-13-4-2-11(8-14(13)17)9-18-12-3-5-15(19-10-12)21-7-1-6-20-21/h1-8,10,18H,9H2. The molecule has 0 amide bonds. The minimum atomic E-state index is 0.690. The van der Waals surface area contributed by atoms with Crippen molar-refractivity contribution >= 4 is 33.2 Å². The van der Waals surface area contributed by atoms with Crippen LogP contribution < -0.4 is 5.32 Å². The number of rotatable bonds is 4. The maximum atomic E-state index is 6.08. The largest absolute Gasteiger partial charge is 0.380 e. The van der Waals surface area contributed by atoms with Crippen molar-refractivity contribution in [1.82, 2.24) is 14.8 Å². The molecule has 0 unspecified atom stereocenters. The molecule has 0 aliphatic heterocycles. The normalized spacial score (nSPS) is 10.6. The van der Waals surface area contributed by atoms with Gasteiger partial charge in [0.25, 0.3) is 0 Å². The Morgan fingerprint density at radius 3 is 2.81 bits per heavy atom. The Morgan fingerprint density at radius 1 is 1.24 bits per heavy atom. The molecule has 3 aromatic rings. The average molecular weight is 364 g/mol. The highest BCUT2D eigenvalue weighted by atomic mass is 79.9. The molecule has 3 rings (SSSR count). The number of hydrogen-bond acceptors (Lipinski definition) is 3. The fourth-order valence-electron chi connectivity index (χ4n) is 1.88. The van der Waals surface area contributed by atoms with Crippen molar-refractivity contribution in [2.24, 2.45) is 0 Å². The summed E-state index contributed by atoms with van der Waals surface area (Å²) in [5, 5.41) is 8.17. The Bertz CT molecular complexity index is 726. The van der Waals surface area contributed by atoms with Crippen molar-refractivity contribution in [2.75, 3.05) is 5.32 Å². The fourth-order valence-corrected chi connectivity index (χ4v) is 2.33. The Balaban J connectivity index is 1.66. The third kappa shape index (κ3) is 3.43. The molecule has 1 N–H and O–H groups in total. The average Bonchev–Trinajstić information content (AvgIpc) is 3.03. The maximum absolute atomic E-state index is 6.08. The molecule has 0 bridgehead atoms. The van der Waals surface area contributed by atoms with E-state index < -0.39 is 0 Å². The van der Waals surface area contributed by atoms with E-state index in [-0.39, 0.29) is 0 Å². The number of pyridine rings is 1. The summed E-state index contributed by atoms with van der Waals surface area (Å²) in [5.74, 6) is 0.789. The van der Waals surface area contributed by atoms with Gasteiger partial charge in [-0.2, -0.15) is 5.10 Å². The SMILES string of the molecule is Clc1cc(CNc2ccc(-n3cccn3)nc2)ccc1Br. The van der Waals surface area contributed by atoms with E-state index in [2.05, 4.69) is 31.3 Å². The van der Waals surface area contributed by atoms with Crippen LogP contribution in [0.1, 0.15) is 5.56 Å². The quantitative estimate of drug-likeness (QED) is 0.751. The van der Waals surface area contributed by atoms with E-state index in [1.165, 1.54) is 0 Å². The lowest BCUT2D eigenvalue weighted by atomic mass is 10.2. The molecule has 0 aliphatic rings. The van der Waals surface area contributed by atoms with Crippen LogP contribution in [0, 0.1) is 0 Å². The summed E-state index contributed by atoms with van der Waals surface area (Å²) in [5.41, 5.74) is 2.06. The van der Waals surface area contributed by atoms with Gasteiger partial charge in [0.1, 0.15) is 0 Å². The van der Waals surface area contributed by atoms with Crippen LogP contribution in [0.15, 0.2) is 59.5 Å². The van der Waals surface area contributed by atoms with Crippen molar-refractivity contribution in [2.45, 2.75) is 6.54 Å². The van der Waals surface area contributed by atoms with Crippen LogP contribution >= 0.6 is 27.5 Å². The number of hydrogen-bond donors (Lipinski definition) is 1. The van der Waals surface area contributed by atoms with Gasteiger partial charge in [-0.3, -0.25) is 0 Å². The van der Waals surface area contributed by atoms with E-state index in [1.54, 1.807) is 17.1 Å². The summed E-state index contributed by atoms with van der Waals surface area (Å²) in [6, 6.07) is 11.7. The molecular weight excluding hydrogens is 352 g/mol. The lowest BCUT2D eigenvalue weighted by molar-refractivity contribution is 0.847. The third-order valence-electron chi connectivity index (χ3n) is 2.97. The summed E-state index contributed by atoms with van der Waals surface area (Å²) in [4.78, 5) is 4.37. The number of aromatic nitrogens is 3. The molecule has 4 nitrogen and oxygen atoms in total. The molecule has 0 radical (unpaired) electrons. The molecule has 21 heavy (non-hydrogen) atoms. The zero-order chi connectivity index (χ0) is 14.7. The van der Waals surface area contributed by atoms with E-state index in [4.69, 9.17) is 11.6 Å². The lowest BCUT2D eigenvalue weighted by Gasteiger charge is -2.08. The molecule has 6 heteroatoms. The van der Waals surface area contributed by atoms with Gasteiger partial charge in [-0.05, 0) is 51.8 Å². The molecule has 0 fully saturated rings. The smallest absolute Gasteiger partial charge is 0.153 e. The predicted octanol–water partition coefficient (Wildman–Crippen LogP) is 4.30. The summed E-state index contributed by atoms with van der Waals surface area (Å²) in [6.07, 6.45) is 5.38. The van der Waals surface area contributed by atoms with Crippen molar-refractivity contribution in [1.29, 1.82) is 0 Å². The second kappa shape index (κ2) is 6.28. The summed E-state index contributed by atoms with van der Waals surface area (Å²) >= 11 is 9.46. The van der Waals surface area contributed by atoms with Crippen LogP contribution in [-0.4, -0.2) is 14.8 Å². The molecule has 0 aliphatic carbocycles. The van der Waals surface area contributed by atoms with E-state index in [1.807, 2.05) is 42.6 Å². The summed E-state index contributed by atoms with van der Waals surface area (Å²) in [7, 11) is 0. The van der Waals surface area contributed by atoms with Gasteiger partial charge in [0.15, 0.2) is 5.82 Å². The first-order valence-electron chi connectivity index (χ1n) is 6.36. The number of nitrogens with zero attached hydrogens (tertiary/aromatic N) is 3. The Hall–Kier alpha value is -1.85. The number of benzene rings is 1. The monoisotopic (exact) mass is 362 g/mol. The minimum absolute atomic E-state index is 0.690. The van der Waals surface area contributed by atoms with Gasteiger partial charge in [0.05, 0.1) is 16.9 Å². The van der Waals surface area contributed by atoms with Crippen molar-refractivity contribution in [3.63, 3.8) is 0 Å². The minimum Gasteiger partial charge on any atom is -0.380 e. The van der Waals surface area contributed by atoms with Crippen molar-refractivity contribution in [3.05, 3.63) is 70.0 Å². The highest BCUT2D eigenvalue weighted by molar-refractivity contribution is 9.10. The van der Waals surface area contributed by atoms with E-state index in [0.717, 1.165) is 21.5 Å². The zero-order valence-corrected chi connectivity index (χ0v) is 13.3. The van der Waals surface area contributed by atoms with Gasteiger partial charge >= 0.3 is 0 Å². The van der Waals surface area contributed by atoms with Gasteiger partial charge in [-0.15, -0.1) is 0 Å². The van der Waals surface area contributed by atoms with E-state index >= 15 is 0 Å². The van der Waals surface area contributed by atoms with Gasteiger partial charge in [0.2, 0.25) is 0 Å². The van der Waals surface area contributed by atoms with Crippen LogP contribution in [0.25, 0.3) is 5.82 Å². The highest BCUT2D eigenvalue weighted by Gasteiger charge is 2.01. The molecule has 0 spiro atoms. The highest BCUT2D eigenvalue weighted by Crippen LogP contribution is 2.23. The third-order valence-corrected chi connectivity index (χ3v) is 4.20. The van der Waals surface area contributed by atoms with Crippen molar-refractivity contribution in [3.8, 4) is 5.82 Å². The molecule has 1 aromatic carbocycles. The first-order valence-corrected chi connectivity index (χ1v) is 7.53. The molecule has 0 atom stereocenters. The topological polar surface area (TPSA) is 42.7 Å². The first-order chi connectivity index (χ1) is 10.2.